The van der Waals surface area contributed by atoms with E-state index < -0.39 is 0 Å². The van der Waals surface area contributed by atoms with Gasteiger partial charge in [-0.3, -0.25) is 9.78 Å². The average Bonchev–Trinajstić information content (AvgIpc) is 3.54. The third-order valence-electron chi connectivity index (χ3n) is 5.20. The summed E-state index contributed by atoms with van der Waals surface area (Å²) in [5.41, 5.74) is 3.21. The number of pyridine rings is 1. The van der Waals surface area contributed by atoms with Gasteiger partial charge in [0.25, 0.3) is 0 Å². The first-order valence-electron chi connectivity index (χ1n) is 9.30. The molecule has 1 unspecified atom stereocenters. The van der Waals surface area contributed by atoms with Crippen molar-refractivity contribution >= 4 is 5.91 Å². The predicted molar refractivity (Wildman–Crippen MR) is 97.7 cm³/mol. The van der Waals surface area contributed by atoms with Crippen molar-refractivity contribution in [1.29, 1.82) is 0 Å². The first-order valence-corrected chi connectivity index (χ1v) is 9.30. The molecule has 1 aliphatic carbocycles. The smallest absolute Gasteiger partial charge is 0.248 e. The first kappa shape index (κ1) is 17.1. The van der Waals surface area contributed by atoms with Gasteiger partial charge in [0.1, 0.15) is 12.4 Å². The SMILES string of the molecule is COCC(=O)N1CCCC(c2nc(C3CC3)ncc2-c2ccncc2)C1. The summed E-state index contributed by atoms with van der Waals surface area (Å²) in [5, 5.41) is 0. The van der Waals surface area contributed by atoms with E-state index in [1.54, 1.807) is 19.5 Å². The molecule has 1 saturated heterocycles. The van der Waals surface area contributed by atoms with Crippen LogP contribution >= 0.6 is 0 Å². The monoisotopic (exact) mass is 352 g/mol. The summed E-state index contributed by atoms with van der Waals surface area (Å²) >= 11 is 0. The summed E-state index contributed by atoms with van der Waals surface area (Å²) in [6.45, 7) is 1.63. The van der Waals surface area contributed by atoms with Gasteiger partial charge >= 0.3 is 0 Å². The third-order valence-corrected chi connectivity index (χ3v) is 5.20. The Bertz CT molecular complexity index is 777. The van der Waals surface area contributed by atoms with Crippen molar-refractivity contribution in [2.45, 2.75) is 37.5 Å². The number of methoxy groups -OCH3 is 1. The molecule has 3 heterocycles. The number of carbonyl (C=O) groups is 1. The maximum Gasteiger partial charge on any atom is 0.248 e. The number of hydrogen-bond donors (Lipinski definition) is 0. The van der Waals surface area contributed by atoms with Gasteiger partial charge in [-0.05, 0) is 43.4 Å². The summed E-state index contributed by atoms with van der Waals surface area (Å²) in [5.74, 6) is 1.75. The Morgan fingerprint density at radius 1 is 1.23 bits per heavy atom. The number of carbonyl (C=O) groups excluding carboxylic acids is 1. The van der Waals surface area contributed by atoms with Gasteiger partial charge in [0.15, 0.2) is 0 Å². The lowest BCUT2D eigenvalue weighted by Gasteiger charge is -2.33. The molecule has 1 aliphatic heterocycles. The minimum absolute atomic E-state index is 0.0548. The number of rotatable bonds is 5. The van der Waals surface area contributed by atoms with Gasteiger partial charge in [0.05, 0.1) is 5.69 Å². The Morgan fingerprint density at radius 3 is 2.77 bits per heavy atom. The number of likely N-dealkylation sites (tertiary alicyclic amines) is 1. The van der Waals surface area contributed by atoms with Crippen molar-refractivity contribution in [2.75, 3.05) is 26.8 Å². The Balaban J connectivity index is 1.67. The fourth-order valence-electron chi connectivity index (χ4n) is 3.65. The standard InChI is InChI=1S/C20H24N4O2/c1-26-13-18(25)24-10-2-3-16(12-24)19-17(14-6-8-21-9-7-14)11-22-20(23-19)15-4-5-15/h6-9,11,15-16H,2-5,10,12-13H2,1H3. The van der Waals surface area contributed by atoms with Gasteiger partial charge in [-0.25, -0.2) is 9.97 Å². The fraction of sp³-hybridized carbons (Fsp3) is 0.500. The minimum atomic E-state index is 0.0548. The van der Waals surface area contributed by atoms with Gasteiger partial charge in [0, 0.05) is 56.2 Å². The number of ether oxygens (including phenoxy) is 1. The van der Waals surface area contributed by atoms with Crippen LogP contribution in [0.4, 0.5) is 0 Å². The highest BCUT2D eigenvalue weighted by molar-refractivity contribution is 5.77. The van der Waals surface area contributed by atoms with Crippen LogP contribution in [0, 0.1) is 0 Å². The highest BCUT2D eigenvalue weighted by atomic mass is 16.5. The second-order valence-corrected chi connectivity index (χ2v) is 7.15. The van der Waals surface area contributed by atoms with Crippen LogP contribution in [0.2, 0.25) is 0 Å². The van der Waals surface area contributed by atoms with Crippen LogP contribution in [-0.4, -0.2) is 52.6 Å². The van der Waals surface area contributed by atoms with E-state index in [4.69, 9.17) is 9.72 Å². The lowest BCUT2D eigenvalue weighted by atomic mass is 9.90. The summed E-state index contributed by atoms with van der Waals surface area (Å²) in [6.07, 6.45) is 9.93. The van der Waals surface area contributed by atoms with E-state index >= 15 is 0 Å². The van der Waals surface area contributed by atoms with E-state index in [1.165, 1.54) is 12.8 Å². The zero-order valence-corrected chi connectivity index (χ0v) is 15.1. The van der Waals surface area contributed by atoms with Crippen LogP contribution in [0.3, 0.4) is 0 Å². The van der Waals surface area contributed by atoms with E-state index in [1.807, 2.05) is 23.2 Å². The molecule has 6 heteroatoms. The van der Waals surface area contributed by atoms with Gasteiger partial charge in [-0.2, -0.15) is 0 Å². The van der Waals surface area contributed by atoms with E-state index in [-0.39, 0.29) is 18.4 Å². The second kappa shape index (κ2) is 7.50. The lowest BCUT2D eigenvalue weighted by Crippen LogP contribution is -2.41. The molecule has 1 saturated carbocycles. The zero-order valence-electron chi connectivity index (χ0n) is 15.1. The van der Waals surface area contributed by atoms with Crippen LogP contribution in [0.1, 0.15) is 49.0 Å². The Kier molecular flexibility index (Phi) is 4.93. The Morgan fingerprint density at radius 2 is 2.04 bits per heavy atom. The third kappa shape index (κ3) is 3.60. The van der Waals surface area contributed by atoms with E-state index in [9.17, 15) is 4.79 Å². The normalized spacial score (nSPS) is 20.2. The van der Waals surface area contributed by atoms with Gasteiger partial charge < -0.3 is 9.64 Å². The molecule has 2 aromatic rings. The van der Waals surface area contributed by atoms with Crippen LogP contribution < -0.4 is 0 Å². The quantitative estimate of drug-likeness (QED) is 0.828. The molecule has 0 N–H and O–H groups in total. The molecule has 1 amide bonds. The van der Waals surface area contributed by atoms with E-state index in [2.05, 4.69) is 9.97 Å². The van der Waals surface area contributed by atoms with Crippen molar-refractivity contribution < 1.29 is 9.53 Å². The van der Waals surface area contributed by atoms with E-state index in [0.29, 0.717) is 12.5 Å². The molecule has 2 aliphatic rings. The fourth-order valence-corrected chi connectivity index (χ4v) is 3.65. The molecule has 2 aromatic heterocycles. The highest BCUT2D eigenvalue weighted by Crippen LogP contribution is 2.40. The van der Waals surface area contributed by atoms with Crippen LogP contribution in [0.5, 0.6) is 0 Å². The molecule has 2 fully saturated rings. The zero-order chi connectivity index (χ0) is 17.9. The van der Waals surface area contributed by atoms with Crippen molar-refractivity contribution in [3.8, 4) is 11.1 Å². The molecule has 0 aromatic carbocycles. The van der Waals surface area contributed by atoms with Crippen LogP contribution in [0.15, 0.2) is 30.7 Å². The molecule has 4 rings (SSSR count). The minimum Gasteiger partial charge on any atom is -0.375 e. The number of piperidine rings is 1. The highest BCUT2D eigenvalue weighted by Gasteiger charge is 2.31. The molecule has 0 spiro atoms. The number of hydrogen-bond acceptors (Lipinski definition) is 5. The Hall–Kier alpha value is -2.34. The number of nitrogens with zero attached hydrogens (tertiary/aromatic N) is 4. The lowest BCUT2D eigenvalue weighted by molar-refractivity contribution is -0.136. The van der Waals surface area contributed by atoms with E-state index in [0.717, 1.165) is 42.0 Å². The Labute approximate surface area is 153 Å². The second-order valence-electron chi connectivity index (χ2n) is 7.15. The van der Waals surface area contributed by atoms with Crippen molar-refractivity contribution in [2.24, 2.45) is 0 Å². The molecular weight excluding hydrogens is 328 g/mol. The molecule has 26 heavy (non-hydrogen) atoms. The molecule has 0 radical (unpaired) electrons. The summed E-state index contributed by atoms with van der Waals surface area (Å²) in [4.78, 5) is 27.9. The average molecular weight is 352 g/mol. The summed E-state index contributed by atoms with van der Waals surface area (Å²) < 4.78 is 5.03. The number of aromatic nitrogens is 3. The van der Waals surface area contributed by atoms with Crippen LogP contribution in [-0.2, 0) is 9.53 Å². The summed E-state index contributed by atoms with van der Waals surface area (Å²) in [7, 11) is 1.56. The largest absolute Gasteiger partial charge is 0.375 e. The molecule has 1 atom stereocenters. The molecule has 136 valence electrons. The topological polar surface area (TPSA) is 68.2 Å². The molecular formula is C20H24N4O2. The predicted octanol–water partition coefficient (Wildman–Crippen LogP) is 2.77. The van der Waals surface area contributed by atoms with Crippen LogP contribution in [0.25, 0.3) is 11.1 Å². The molecule has 0 bridgehead atoms. The van der Waals surface area contributed by atoms with Crippen molar-refractivity contribution in [3.63, 3.8) is 0 Å². The van der Waals surface area contributed by atoms with Gasteiger partial charge in [-0.1, -0.05) is 0 Å². The number of amides is 1. The van der Waals surface area contributed by atoms with Gasteiger partial charge in [0.2, 0.25) is 5.91 Å². The molecule has 6 nitrogen and oxygen atoms in total. The van der Waals surface area contributed by atoms with Crippen molar-refractivity contribution in [1.82, 2.24) is 19.9 Å². The van der Waals surface area contributed by atoms with Crippen molar-refractivity contribution in [3.05, 3.63) is 42.2 Å². The van der Waals surface area contributed by atoms with Gasteiger partial charge in [-0.15, -0.1) is 0 Å². The summed E-state index contributed by atoms with van der Waals surface area (Å²) in [6, 6.07) is 3.99. The maximum absolute atomic E-state index is 12.3. The maximum atomic E-state index is 12.3. The first-order chi connectivity index (χ1) is 12.8.